The lowest BCUT2D eigenvalue weighted by molar-refractivity contribution is 0.314. The third kappa shape index (κ3) is 2.46. The highest BCUT2D eigenvalue weighted by molar-refractivity contribution is 5.98. The Morgan fingerprint density at radius 2 is 0.957 bits per heavy atom. The van der Waals surface area contributed by atoms with Crippen LogP contribution >= 0.6 is 0 Å². The molecule has 23 heavy (non-hydrogen) atoms. The van der Waals surface area contributed by atoms with Crippen molar-refractivity contribution in [2.45, 2.75) is 5.41 Å². The van der Waals surface area contributed by atoms with Crippen molar-refractivity contribution < 1.29 is 5.21 Å². The molecule has 0 saturated carbocycles. The second-order valence-electron chi connectivity index (χ2n) is 5.33. The van der Waals surface area contributed by atoms with E-state index in [0.29, 0.717) is 0 Å². The van der Waals surface area contributed by atoms with E-state index in [0.717, 1.165) is 16.7 Å². The van der Waals surface area contributed by atoms with E-state index >= 15 is 0 Å². The molecule has 0 spiro atoms. The van der Waals surface area contributed by atoms with E-state index in [4.69, 9.17) is 5.73 Å². The first kappa shape index (κ1) is 14.9. The molecule has 0 aliphatic carbocycles. The molecule has 0 radical (unpaired) electrons. The van der Waals surface area contributed by atoms with Gasteiger partial charge in [0.2, 0.25) is 0 Å². The van der Waals surface area contributed by atoms with Gasteiger partial charge in [-0.3, -0.25) is 0 Å². The number of nitrogens with zero attached hydrogens (tertiary/aromatic N) is 1. The fraction of sp³-hybridized carbons (Fsp3) is 0.0500. The molecule has 0 aliphatic heterocycles. The molecular formula is C20H18N2O. The molecule has 0 aliphatic rings. The highest BCUT2D eigenvalue weighted by Crippen LogP contribution is 2.39. The van der Waals surface area contributed by atoms with Crippen LogP contribution in [0, 0.1) is 0 Å². The summed E-state index contributed by atoms with van der Waals surface area (Å²) in [4.78, 5) is 0. The van der Waals surface area contributed by atoms with Crippen molar-refractivity contribution in [3.63, 3.8) is 0 Å². The fourth-order valence-corrected chi connectivity index (χ4v) is 3.08. The standard InChI is InChI=1S/C20H18N2O/c21-19(22-23)20(16-10-4-1-5-11-16,17-12-6-2-7-13-17)18-14-8-3-9-15-18/h1-15,23H,(H2,21,22). The minimum absolute atomic E-state index is 0.140. The van der Waals surface area contributed by atoms with Crippen LogP contribution in [-0.4, -0.2) is 11.0 Å². The van der Waals surface area contributed by atoms with Gasteiger partial charge in [0.15, 0.2) is 5.84 Å². The third-order valence-corrected chi connectivity index (χ3v) is 4.11. The second kappa shape index (κ2) is 6.36. The van der Waals surface area contributed by atoms with Crippen molar-refractivity contribution in [2.24, 2.45) is 10.9 Å². The van der Waals surface area contributed by atoms with Gasteiger partial charge in [-0.2, -0.15) is 0 Å². The van der Waals surface area contributed by atoms with Gasteiger partial charge in [0.1, 0.15) is 5.41 Å². The predicted molar refractivity (Wildman–Crippen MR) is 92.6 cm³/mol. The number of amidine groups is 1. The zero-order chi connectivity index (χ0) is 16.1. The van der Waals surface area contributed by atoms with Gasteiger partial charge in [-0.1, -0.05) is 96.2 Å². The first-order chi connectivity index (χ1) is 11.3. The largest absolute Gasteiger partial charge is 0.409 e. The Hall–Kier alpha value is -3.07. The van der Waals surface area contributed by atoms with E-state index in [9.17, 15) is 5.21 Å². The molecule has 114 valence electrons. The van der Waals surface area contributed by atoms with Crippen LogP contribution in [0.2, 0.25) is 0 Å². The number of hydrogen-bond donors (Lipinski definition) is 2. The lowest BCUT2D eigenvalue weighted by Gasteiger charge is -2.34. The predicted octanol–water partition coefficient (Wildman–Crippen LogP) is 3.77. The molecule has 0 atom stereocenters. The summed E-state index contributed by atoms with van der Waals surface area (Å²) in [6.45, 7) is 0. The second-order valence-corrected chi connectivity index (χ2v) is 5.33. The molecule has 0 amide bonds. The first-order valence-electron chi connectivity index (χ1n) is 7.44. The summed E-state index contributed by atoms with van der Waals surface area (Å²) < 4.78 is 0. The smallest absolute Gasteiger partial charge is 0.158 e. The Bertz CT molecular complexity index is 687. The zero-order valence-corrected chi connectivity index (χ0v) is 12.6. The van der Waals surface area contributed by atoms with Gasteiger partial charge in [-0.25, -0.2) is 0 Å². The lowest BCUT2D eigenvalue weighted by atomic mass is 9.68. The van der Waals surface area contributed by atoms with Crippen molar-refractivity contribution in [3.8, 4) is 0 Å². The Labute approximate surface area is 135 Å². The van der Waals surface area contributed by atoms with Crippen molar-refractivity contribution >= 4 is 5.84 Å². The molecule has 0 heterocycles. The third-order valence-electron chi connectivity index (χ3n) is 4.11. The van der Waals surface area contributed by atoms with Gasteiger partial charge in [-0.05, 0) is 16.7 Å². The Kier molecular flexibility index (Phi) is 4.11. The summed E-state index contributed by atoms with van der Waals surface area (Å²) in [7, 11) is 0. The van der Waals surface area contributed by atoms with Crippen LogP contribution in [-0.2, 0) is 5.41 Å². The maximum absolute atomic E-state index is 9.52. The average molecular weight is 302 g/mol. The van der Waals surface area contributed by atoms with E-state index < -0.39 is 5.41 Å². The number of nitrogens with two attached hydrogens (primary N) is 1. The summed E-state index contributed by atoms with van der Waals surface area (Å²) >= 11 is 0. The van der Waals surface area contributed by atoms with Crippen LogP contribution in [0.3, 0.4) is 0 Å². The minimum atomic E-state index is -0.835. The van der Waals surface area contributed by atoms with Crippen LogP contribution < -0.4 is 5.73 Å². The number of benzene rings is 3. The van der Waals surface area contributed by atoms with E-state index in [1.54, 1.807) is 0 Å². The zero-order valence-electron chi connectivity index (χ0n) is 12.6. The quantitative estimate of drug-likeness (QED) is 0.253. The highest BCUT2D eigenvalue weighted by Gasteiger charge is 2.40. The number of rotatable bonds is 4. The van der Waals surface area contributed by atoms with Crippen LogP contribution in [0.15, 0.2) is 96.2 Å². The number of oxime groups is 1. The molecule has 3 N–H and O–H groups in total. The average Bonchev–Trinajstić information content (AvgIpc) is 2.65. The van der Waals surface area contributed by atoms with Gasteiger partial charge in [-0.15, -0.1) is 0 Å². The van der Waals surface area contributed by atoms with Gasteiger partial charge >= 0.3 is 0 Å². The van der Waals surface area contributed by atoms with Gasteiger partial charge in [0, 0.05) is 0 Å². The molecule has 0 unspecified atom stereocenters. The van der Waals surface area contributed by atoms with Crippen molar-refractivity contribution in [1.29, 1.82) is 0 Å². The molecular weight excluding hydrogens is 284 g/mol. The molecule has 0 saturated heterocycles. The monoisotopic (exact) mass is 302 g/mol. The van der Waals surface area contributed by atoms with E-state index in [-0.39, 0.29) is 5.84 Å². The Morgan fingerprint density at radius 1 is 0.652 bits per heavy atom. The van der Waals surface area contributed by atoms with E-state index in [1.165, 1.54) is 0 Å². The molecule has 0 aromatic heterocycles. The fourth-order valence-electron chi connectivity index (χ4n) is 3.08. The van der Waals surface area contributed by atoms with Gasteiger partial charge in [0.25, 0.3) is 0 Å². The molecule has 0 fully saturated rings. The highest BCUT2D eigenvalue weighted by atomic mass is 16.4. The SMILES string of the molecule is NC(=NO)C(c1ccccc1)(c1ccccc1)c1ccccc1. The lowest BCUT2D eigenvalue weighted by Crippen LogP contribution is -2.43. The Morgan fingerprint density at radius 3 is 1.22 bits per heavy atom. The van der Waals surface area contributed by atoms with Gasteiger partial charge in [0.05, 0.1) is 0 Å². The van der Waals surface area contributed by atoms with Crippen molar-refractivity contribution in [3.05, 3.63) is 108 Å². The summed E-state index contributed by atoms with van der Waals surface area (Å²) in [5.74, 6) is 0.140. The van der Waals surface area contributed by atoms with Crippen molar-refractivity contribution in [1.82, 2.24) is 0 Å². The van der Waals surface area contributed by atoms with Crippen LogP contribution in [0.1, 0.15) is 16.7 Å². The molecule has 3 heteroatoms. The summed E-state index contributed by atoms with van der Waals surface area (Å²) in [5.41, 5.74) is 8.27. The van der Waals surface area contributed by atoms with Crippen LogP contribution in [0.25, 0.3) is 0 Å². The molecule has 0 bridgehead atoms. The molecule has 3 aromatic rings. The summed E-state index contributed by atoms with van der Waals surface area (Å²) in [6, 6.07) is 29.6. The van der Waals surface area contributed by atoms with Gasteiger partial charge < -0.3 is 10.9 Å². The maximum Gasteiger partial charge on any atom is 0.158 e. The van der Waals surface area contributed by atoms with Crippen LogP contribution in [0.4, 0.5) is 0 Å². The van der Waals surface area contributed by atoms with E-state index in [1.807, 2.05) is 91.0 Å². The summed E-state index contributed by atoms with van der Waals surface area (Å²) in [5, 5.41) is 12.9. The topological polar surface area (TPSA) is 58.6 Å². The van der Waals surface area contributed by atoms with Crippen molar-refractivity contribution in [2.75, 3.05) is 0 Å². The van der Waals surface area contributed by atoms with Crippen LogP contribution in [0.5, 0.6) is 0 Å². The Balaban J connectivity index is 2.41. The van der Waals surface area contributed by atoms with E-state index in [2.05, 4.69) is 5.16 Å². The summed E-state index contributed by atoms with van der Waals surface area (Å²) in [6.07, 6.45) is 0. The minimum Gasteiger partial charge on any atom is -0.409 e. The maximum atomic E-state index is 9.52. The first-order valence-corrected chi connectivity index (χ1v) is 7.44. The normalized spacial score (nSPS) is 12.1. The molecule has 3 nitrogen and oxygen atoms in total. The molecule has 3 aromatic carbocycles. The molecule has 3 rings (SSSR count). The number of hydrogen-bond acceptors (Lipinski definition) is 2.